The fraction of sp³-hybridized carbons (Fsp3) is 0.467. The van der Waals surface area contributed by atoms with Crippen molar-refractivity contribution in [1.29, 1.82) is 0 Å². The van der Waals surface area contributed by atoms with Crippen LogP contribution in [0.4, 0.5) is 5.69 Å². The normalized spacial score (nSPS) is 16.5. The molecule has 96 valence electrons. The zero-order chi connectivity index (χ0) is 12.6. The summed E-state index contributed by atoms with van der Waals surface area (Å²) in [4.78, 5) is 4.94. The molecule has 1 aliphatic heterocycles. The molecule has 0 unspecified atom stereocenters. The molecular formula is C15H21N3. The van der Waals surface area contributed by atoms with E-state index in [-0.39, 0.29) is 0 Å². The molecule has 0 bridgehead atoms. The molecule has 18 heavy (non-hydrogen) atoms. The maximum Gasteiger partial charge on any atom is 0.0574 e. The second-order valence-corrected chi connectivity index (χ2v) is 4.55. The van der Waals surface area contributed by atoms with Crippen LogP contribution < -0.4 is 10.2 Å². The molecule has 1 N–H and O–H groups in total. The third-order valence-corrected chi connectivity index (χ3v) is 3.33. The number of para-hydroxylation sites is 1. The van der Waals surface area contributed by atoms with E-state index in [2.05, 4.69) is 51.4 Å². The number of nitrogens with zero attached hydrogens (tertiary/aromatic N) is 2. The van der Waals surface area contributed by atoms with Crippen LogP contribution >= 0.6 is 0 Å². The molecule has 2 rings (SSSR count). The van der Waals surface area contributed by atoms with E-state index in [1.807, 2.05) is 0 Å². The largest absolute Gasteiger partial charge is 0.369 e. The monoisotopic (exact) mass is 243 g/mol. The zero-order valence-electron chi connectivity index (χ0n) is 10.8. The standard InChI is InChI=1S/C15H21N3/c1-2-8-16-9-10-17-11-13-18(14-12-17)15-6-4-3-5-7-15/h1,3-7,16H,8-14H2. The van der Waals surface area contributed by atoms with Crippen LogP contribution in [0.3, 0.4) is 0 Å². The van der Waals surface area contributed by atoms with Gasteiger partial charge in [0.2, 0.25) is 0 Å². The van der Waals surface area contributed by atoms with Crippen molar-refractivity contribution in [2.45, 2.75) is 0 Å². The summed E-state index contributed by atoms with van der Waals surface area (Å²) in [5.74, 6) is 2.60. The molecule has 3 nitrogen and oxygen atoms in total. The maximum absolute atomic E-state index is 5.20. The van der Waals surface area contributed by atoms with E-state index in [4.69, 9.17) is 6.42 Å². The van der Waals surface area contributed by atoms with Gasteiger partial charge in [0.05, 0.1) is 6.54 Å². The van der Waals surface area contributed by atoms with Crippen LogP contribution in [0.25, 0.3) is 0 Å². The number of nitrogens with one attached hydrogen (secondary N) is 1. The Morgan fingerprint density at radius 2 is 1.83 bits per heavy atom. The summed E-state index contributed by atoms with van der Waals surface area (Å²) in [5.41, 5.74) is 1.34. The van der Waals surface area contributed by atoms with E-state index in [0.717, 1.165) is 39.3 Å². The van der Waals surface area contributed by atoms with E-state index in [9.17, 15) is 0 Å². The van der Waals surface area contributed by atoms with Crippen LogP contribution in [0.2, 0.25) is 0 Å². The minimum Gasteiger partial charge on any atom is -0.369 e. The minimum atomic E-state index is 0.671. The summed E-state index contributed by atoms with van der Waals surface area (Å²) in [5, 5.41) is 3.23. The van der Waals surface area contributed by atoms with Gasteiger partial charge in [-0.2, -0.15) is 0 Å². The number of anilines is 1. The molecular weight excluding hydrogens is 222 g/mol. The molecule has 0 spiro atoms. The Bertz CT molecular complexity index is 374. The van der Waals surface area contributed by atoms with Crippen molar-refractivity contribution in [3.8, 4) is 12.3 Å². The molecule has 1 saturated heterocycles. The van der Waals surface area contributed by atoms with Gasteiger partial charge < -0.3 is 10.2 Å². The average molecular weight is 243 g/mol. The Morgan fingerprint density at radius 3 is 2.50 bits per heavy atom. The number of hydrogen-bond donors (Lipinski definition) is 1. The highest BCUT2D eigenvalue weighted by molar-refractivity contribution is 5.46. The molecule has 0 radical (unpaired) electrons. The van der Waals surface area contributed by atoms with Crippen molar-refractivity contribution in [3.63, 3.8) is 0 Å². The highest BCUT2D eigenvalue weighted by atomic mass is 15.3. The van der Waals surface area contributed by atoms with Crippen molar-refractivity contribution >= 4 is 5.69 Å². The molecule has 1 fully saturated rings. The Labute approximate surface area is 110 Å². The van der Waals surface area contributed by atoms with Crippen LogP contribution in [-0.4, -0.2) is 50.7 Å². The molecule has 0 aliphatic carbocycles. The molecule has 1 heterocycles. The van der Waals surface area contributed by atoms with Gasteiger partial charge in [0.25, 0.3) is 0 Å². The Morgan fingerprint density at radius 1 is 1.11 bits per heavy atom. The van der Waals surface area contributed by atoms with Gasteiger partial charge in [-0.25, -0.2) is 0 Å². The van der Waals surface area contributed by atoms with Gasteiger partial charge in [-0.15, -0.1) is 6.42 Å². The highest BCUT2D eigenvalue weighted by Crippen LogP contribution is 2.15. The van der Waals surface area contributed by atoms with Gasteiger partial charge in [-0.1, -0.05) is 24.1 Å². The second-order valence-electron chi connectivity index (χ2n) is 4.55. The van der Waals surface area contributed by atoms with Gasteiger partial charge in [-0.05, 0) is 12.1 Å². The van der Waals surface area contributed by atoms with Crippen molar-refractivity contribution in [2.75, 3.05) is 50.7 Å². The molecule has 1 aromatic rings. The Kier molecular flexibility index (Phi) is 5.07. The lowest BCUT2D eigenvalue weighted by Gasteiger charge is -2.36. The fourth-order valence-corrected chi connectivity index (χ4v) is 2.27. The third kappa shape index (κ3) is 3.76. The number of hydrogen-bond acceptors (Lipinski definition) is 3. The van der Waals surface area contributed by atoms with Crippen LogP contribution in [0.1, 0.15) is 0 Å². The number of rotatable bonds is 5. The molecule has 0 atom stereocenters. The second kappa shape index (κ2) is 7.05. The van der Waals surface area contributed by atoms with Crippen LogP contribution in [0.15, 0.2) is 30.3 Å². The SMILES string of the molecule is C#CCNCCN1CCN(c2ccccc2)CC1. The van der Waals surface area contributed by atoms with Crippen molar-refractivity contribution in [2.24, 2.45) is 0 Å². The summed E-state index contributed by atoms with van der Waals surface area (Å²) in [6.07, 6.45) is 5.20. The molecule has 1 aliphatic rings. The predicted molar refractivity (Wildman–Crippen MR) is 76.8 cm³/mol. The fourth-order valence-electron chi connectivity index (χ4n) is 2.27. The van der Waals surface area contributed by atoms with Gasteiger partial charge in [-0.3, -0.25) is 4.90 Å². The molecule has 3 heteroatoms. The van der Waals surface area contributed by atoms with Gasteiger partial charge in [0.15, 0.2) is 0 Å². The van der Waals surface area contributed by atoms with Gasteiger partial charge >= 0.3 is 0 Å². The molecule has 0 saturated carbocycles. The smallest absolute Gasteiger partial charge is 0.0574 e. The lowest BCUT2D eigenvalue weighted by atomic mass is 10.2. The maximum atomic E-state index is 5.20. The highest BCUT2D eigenvalue weighted by Gasteiger charge is 2.16. The minimum absolute atomic E-state index is 0.671. The van der Waals surface area contributed by atoms with E-state index in [1.54, 1.807) is 0 Å². The zero-order valence-corrected chi connectivity index (χ0v) is 10.8. The van der Waals surface area contributed by atoms with Crippen molar-refractivity contribution in [3.05, 3.63) is 30.3 Å². The van der Waals surface area contributed by atoms with E-state index >= 15 is 0 Å². The molecule has 0 amide bonds. The van der Waals surface area contributed by atoms with E-state index in [1.165, 1.54) is 5.69 Å². The quantitative estimate of drug-likeness (QED) is 0.615. The average Bonchev–Trinajstić information content (AvgIpc) is 2.45. The summed E-state index contributed by atoms with van der Waals surface area (Å²) in [6.45, 7) is 7.22. The number of benzene rings is 1. The number of terminal acetylenes is 1. The first-order chi connectivity index (χ1) is 8.90. The van der Waals surface area contributed by atoms with Crippen LogP contribution in [0.5, 0.6) is 0 Å². The summed E-state index contributed by atoms with van der Waals surface area (Å²) in [7, 11) is 0. The lowest BCUT2D eigenvalue weighted by Crippen LogP contribution is -2.48. The first-order valence-corrected chi connectivity index (χ1v) is 6.56. The van der Waals surface area contributed by atoms with Crippen molar-refractivity contribution in [1.82, 2.24) is 10.2 Å². The predicted octanol–water partition coefficient (Wildman–Crippen LogP) is 1.03. The Hall–Kier alpha value is -1.50. The summed E-state index contributed by atoms with van der Waals surface area (Å²) in [6, 6.07) is 10.6. The van der Waals surface area contributed by atoms with Crippen LogP contribution in [-0.2, 0) is 0 Å². The van der Waals surface area contributed by atoms with Gasteiger partial charge in [0, 0.05) is 45.0 Å². The van der Waals surface area contributed by atoms with E-state index in [0.29, 0.717) is 6.54 Å². The number of piperazine rings is 1. The van der Waals surface area contributed by atoms with E-state index < -0.39 is 0 Å². The van der Waals surface area contributed by atoms with Crippen LogP contribution in [0, 0.1) is 12.3 Å². The summed E-state index contributed by atoms with van der Waals surface area (Å²) >= 11 is 0. The molecule has 0 aromatic heterocycles. The topological polar surface area (TPSA) is 18.5 Å². The first-order valence-electron chi connectivity index (χ1n) is 6.56. The third-order valence-electron chi connectivity index (χ3n) is 3.33. The summed E-state index contributed by atoms with van der Waals surface area (Å²) < 4.78 is 0. The first kappa shape index (κ1) is 12.9. The molecule has 1 aromatic carbocycles. The Balaban J connectivity index is 1.70. The van der Waals surface area contributed by atoms with Crippen molar-refractivity contribution < 1.29 is 0 Å². The lowest BCUT2D eigenvalue weighted by molar-refractivity contribution is 0.259. The van der Waals surface area contributed by atoms with Gasteiger partial charge in [0.1, 0.15) is 0 Å².